The van der Waals surface area contributed by atoms with Crippen LogP contribution in [0.25, 0.3) is 0 Å². The molecular weight excluding hydrogens is 258 g/mol. The van der Waals surface area contributed by atoms with Crippen LogP contribution in [0.4, 0.5) is 11.5 Å². The van der Waals surface area contributed by atoms with Crippen molar-refractivity contribution in [3.63, 3.8) is 0 Å². The fraction of sp³-hybridized carbons (Fsp3) is 0.333. The van der Waals surface area contributed by atoms with E-state index in [9.17, 15) is 0 Å². The van der Waals surface area contributed by atoms with E-state index >= 15 is 0 Å². The molecule has 0 N–H and O–H groups in total. The van der Waals surface area contributed by atoms with Gasteiger partial charge in [-0.05, 0) is 44.0 Å². The molecule has 0 spiro atoms. The van der Waals surface area contributed by atoms with Crippen LogP contribution in [0.3, 0.4) is 0 Å². The molecule has 0 atom stereocenters. The third-order valence-corrected chi connectivity index (χ3v) is 3.31. The average molecular weight is 276 g/mol. The first-order valence-corrected chi connectivity index (χ1v) is 6.75. The summed E-state index contributed by atoms with van der Waals surface area (Å²) in [5.74, 6) is 2.03. The molecule has 100 valence electrons. The highest BCUT2D eigenvalue weighted by atomic mass is 35.5. The third kappa shape index (κ3) is 3.04. The number of benzene rings is 1. The Morgan fingerprint density at radius 3 is 2.32 bits per heavy atom. The number of aromatic nitrogens is 2. The minimum atomic E-state index is 0.407. The van der Waals surface area contributed by atoms with Crippen LogP contribution >= 0.6 is 11.6 Å². The van der Waals surface area contributed by atoms with E-state index in [1.54, 1.807) is 6.20 Å². The first-order chi connectivity index (χ1) is 9.01. The van der Waals surface area contributed by atoms with Crippen molar-refractivity contribution in [2.45, 2.75) is 26.7 Å². The van der Waals surface area contributed by atoms with Gasteiger partial charge in [0.2, 0.25) is 0 Å². The fourth-order valence-corrected chi connectivity index (χ4v) is 2.32. The number of aryl methyl sites for hydroxylation is 3. The summed E-state index contributed by atoms with van der Waals surface area (Å²) in [6, 6.07) is 6.44. The van der Waals surface area contributed by atoms with Gasteiger partial charge in [0.25, 0.3) is 0 Å². The molecule has 0 aliphatic rings. The van der Waals surface area contributed by atoms with Gasteiger partial charge in [-0.1, -0.05) is 6.07 Å². The van der Waals surface area contributed by atoms with Crippen molar-refractivity contribution in [3.8, 4) is 0 Å². The monoisotopic (exact) mass is 275 g/mol. The van der Waals surface area contributed by atoms with Crippen LogP contribution in [0.5, 0.6) is 0 Å². The van der Waals surface area contributed by atoms with Crippen LogP contribution < -0.4 is 4.90 Å². The molecule has 0 amide bonds. The quantitative estimate of drug-likeness (QED) is 0.796. The fourth-order valence-electron chi connectivity index (χ4n) is 2.13. The number of rotatable bonds is 3. The van der Waals surface area contributed by atoms with E-state index in [-0.39, 0.29) is 0 Å². The number of alkyl halides is 1. The maximum Gasteiger partial charge on any atom is 0.140 e. The predicted molar refractivity (Wildman–Crippen MR) is 80.3 cm³/mol. The second kappa shape index (κ2) is 5.57. The molecule has 0 unspecified atom stereocenters. The van der Waals surface area contributed by atoms with Crippen LogP contribution in [0.1, 0.15) is 22.5 Å². The van der Waals surface area contributed by atoms with Gasteiger partial charge in [-0.2, -0.15) is 0 Å². The highest BCUT2D eigenvalue weighted by Gasteiger charge is 2.12. The third-order valence-electron chi connectivity index (χ3n) is 3.02. The normalized spacial score (nSPS) is 10.6. The minimum absolute atomic E-state index is 0.407. The van der Waals surface area contributed by atoms with E-state index < -0.39 is 0 Å². The summed E-state index contributed by atoms with van der Waals surface area (Å²) >= 11 is 5.97. The lowest BCUT2D eigenvalue weighted by Gasteiger charge is -2.22. The van der Waals surface area contributed by atoms with Gasteiger partial charge in [0, 0.05) is 24.5 Å². The molecule has 1 aromatic heterocycles. The molecule has 2 rings (SSSR count). The molecule has 0 radical (unpaired) electrons. The Balaban J connectivity index is 2.48. The van der Waals surface area contributed by atoms with Gasteiger partial charge in [0.15, 0.2) is 0 Å². The van der Waals surface area contributed by atoms with Gasteiger partial charge in [-0.25, -0.2) is 9.97 Å². The molecule has 3 nitrogen and oxygen atoms in total. The molecule has 0 bridgehead atoms. The van der Waals surface area contributed by atoms with Gasteiger partial charge in [0.1, 0.15) is 11.6 Å². The van der Waals surface area contributed by atoms with E-state index in [0.29, 0.717) is 5.88 Å². The molecule has 19 heavy (non-hydrogen) atoms. The molecule has 0 aliphatic heterocycles. The van der Waals surface area contributed by atoms with Gasteiger partial charge >= 0.3 is 0 Å². The number of nitrogens with zero attached hydrogens (tertiary/aromatic N) is 3. The molecular formula is C15H18ClN3. The first kappa shape index (κ1) is 13.8. The predicted octanol–water partition coefficient (Wildman–Crippen LogP) is 3.91. The first-order valence-electron chi connectivity index (χ1n) is 6.21. The molecule has 1 aromatic carbocycles. The van der Waals surface area contributed by atoms with Crippen molar-refractivity contribution < 1.29 is 0 Å². The van der Waals surface area contributed by atoms with Crippen molar-refractivity contribution >= 4 is 23.1 Å². The maximum absolute atomic E-state index is 5.97. The lowest BCUT2D eigenvalue weighted by Crippen LogP contribution is -2.14. The number of halogens is 1. The summed E-state index contributed by atoms with van der Waals surface area (Å²) in [6.45, 7) is 6.08. The SMILES string of the molecule is Cc1cc(C)cc(N(C)c2nc(C)ncc2CCl)c1. The zero-order valence-electron chi connectivity index (χ0n) is 11.7. The highest BCUT2D eigenvalue weighted by molar-refractivity contribution is 6.17. The number of anilines is 2. The second-order valence-corrected chi connectivity index (χ2v) is 5.07. The molecule has 0 aliphatic carbocycles. The zero-order chi connectivity index (χ0) is 14.0. The number of hydrogen-bond donors (Lipinski definition) is 0. The maximum atomic E-state index is 5.97. The van der Waals surface area contributed by atoms with Gasteiger partial charge in [0.05, 0.1) is 5.88 Å². The van der Waals surface area contributed by atoms with Gasteiger partial charge in [-0.3, -0.25) is 0 Å². The Morgan fingerprint density at radius 1 is 1.11 bits per heavy atom. The van der Waals surface area contributed by atoms with E-state index in [1.807, 2.05) is 14.0 Å². The van der Waals surface area contributed by atoms with Gasteiger partial charge in [-0.15, -0.1) is 11.6 Å². The van der Waals surface area contributed by atoms with Crippen molar-refractivity contribution in [1.82, 2.24) is 9.97 Å². The van der Waals surface area contributed by atoms with Crippen molar-refractivity contribution in [2.24, 2.45) is 0 Å². The Kier molecular flexibility index (Phi) is 4.05. The molecule has 0 saturated carbocycles. The van der Waals surface area contributed by atoms with E-state index in [1.165, 1.54) is 11.1 Å². The van der Waals surface area contributed by atoms with Crippen LogP contribution in [0, 0.1) is 20.8 Å². The standard InChI is InChI=1S/C15H18ClN3/c1-10-5-11(2)7-14(6-10)19(4)15-13(8-16)9-17-12(3)18-15/h5-7,9H,8H2,1-4H3. The molecule has 2 aromatic rings. The molecule has 1 heterocycles. The average Bonchev–Trinajstić information content (AvgIpc) is 2.36. The Bertz CT molecular complexity index is 576. The summed E-state index contributed by atoms with van der Waals surface area (Å²) < 4.78 is 0. The van der Waals surface area contributed by atoms with Crippen molar-refractivity contribution in [2.75, 3.05) is 11.9 Å². The van der Waals surface area contributed by atoms with E-state index in [4.69, 9.17) is 11.6 Å². The van der Waals surface area contributed by atoms with Crippen LogP contribution in [0.2, 0.25) is 0 Å². The van der Waals surface area contributed by atoms with Gasteiger partial charge < -0.3 is 4.90 Å². The van der Waals surface area contributed by atoms with Crippen molar-refractivity contribution in [3.05, 3.63) is 46.9 Å². The lowest BCUT2D eigenvalue weighted by atomic mass is 10.1. The summed E-state index contributed by atoms with van der Waals surface area (Å²) in [6.07, 6.45) is 1.80. The lowest BCUT2D eigenvalue weighted by molar-refractivity contribution is 0.985. The molecule has 0 fully saturated rings. The second-order valence-electron chi connectivity index (χ2n) is 4.80. The Hall–Kier alpha value is -1.61. The summed E-state index contributed by atoms with van der Waals surface area (Å²) in [5.41, 5.74) is 4.52. The minimum Gasteiger partial charge on any atom is -0.329 e. The Labute approximate surface area is 119 Å². The smallest absolute Gasteiger partial charge is 0.140 e. The van der Waals surface area contributed by atoms with E-state index in [0.717, 1.165) is 22.9 Å². The summed E-state index contributed by atoms with van der Waals surface area (Å²) in [5, 5.41) is 0. The summed E-state index contributed by atoms with van der Waals surface area (Å²) in [4.78, 5) is 10.8. The van der Waals surface area contributed by atoms with Crippen molar-refractivity contribution in [1.29, 1.82) is 0 Å². The van der Waals surface area contributed by atoms with Crippen LogP contribution in [-0.4, -0.2) is 17.0 Å². The van der Waals surface area contributed by atoms with Crippen LogP contribution in [0.15, 0.2) is 24.4 Å². The molecule has 0 saturated heterocycles. The largest absolute Gasteiger partial charge is 0.329 e. The summed E-state index contributed by atoms with van der Waals surface area (Å²) in [7, 11) is 2.01. The highest BCUT2D eigenvalue weighted by Crippen LogP contribution is 2.27. The molecule has 4 heteroatoms. The number of hydrogen-bond acceptors (Lipinski definition) is 3. The topological polar surface area (TPSA) is 29.0 Å². The Morgan fingerprint density at radius 2 is 1.74 bits per heavy atom. The van der Waals surface area contributed by atoms with Crippen LogP contribution in [-0.2, 0) is 5.88 Å². The van der Waals surface area contributed by atoms with E-state index in [2.05, 4.69) is 46.9 Å². The zero-order valence-corrected chi connectivity index (χ0v) is 12.5.